The summed E-state index contributed by atoms with van der Waals surface area (Å²) in [5.41, 5.74) is 5.66. The summed E-state index contributed by atoms with van der Waals surface area (Å²) in [6.45, 7) is 4.86. The van der Waals surface area contributed by atoms with Crippen LogP contribution in [0.5, 0.6) is 0 Å². The summed E-state index contributed by atoms with van der Waals surface area (Å²) in [6, 6.07) is 2.81. The van der Waals surface area contributed by atoms with Crippen LogP contribution in [0.15, 0.2) is 12.1 Å². The van der Waals surface area contributed by atoms with Gasteiger partial charge in [0.25, 0.3) is 5.69 Å². The Labute approximate surface area is 117 Å². The van der Waals surface area contributed by atoms with E-state index < -0.39 is 4.92 Å². The number of nitro groups is 1. The zero-order chi connectivity index (χ0) is 14.1. The normalized spacial score (nSPS) is 20.1. The molecule has 7 heteroatoms. The van der Waals surface area contributed by atoms with Gasteiger partial charge in [0.05, 0.1) is 17.1 Å². The van der Waals surface area contributed by atoms with Crippen LogP contribution < -0.4 is 10.6 Å². The van der Waals surface area contributed by atoms with Crippen LogP contribution in [0, 0.1) is 16.0 Å². The number of anilines is 2. The number of nitrogen functional groups attached to an aromatic ring is 1. The zero-order valence-electron chi connectivity index (χ0n) is 11.4. The molecule has 0 spiro atoms. The summed E-state index contributed by atoms with van der Waals surface area (Å²) < 4.78 is 0. The quantitative estimate of drug-likeness (QED) is 0.655. The van der Waals surface area contributed by atoms with Gasteiger partial charge in [-0.1, -0.05) is 0 Å². The van der Waals surface area contributed by atoms with Crippen LogP contribution >= 0.6 is 0 Å². The Kier molecular flexibility index (Phi) is 3.43. The maximum atomic E-state index is 10.9. The largest absolute Gasteiger partial charge is 0.383 e. The lowest BCUT2D eigenvalue weighted by atomic mass is 10.2. The molecule has 1 aromatic rings. The van der Waals surface area contributed by atoms with E-state index in [2.05, 4.69) is 14.8 Å². The molecule has 0 bridgehead atoms. The van der Waals surface area contributed by atoms with Crippen molar-refractivity contribution in [2.75, 3.05) is 43.4 Å². The molecule has 2 aliphatic rings. The highest BCUT2D eigenvalue weighted by Gasteiger charge is 2.27. The van der Waals surface area contributed by atoms with Crippen molar-refractivity contribution in [3.8, 4) is 0 Å². The van der Waals surface area contributed by atoms with Gasteiger partial charge < -0.3 is 10.6 Å². The van der Waals surface area contributed by atoms with E-state index >= 15 is 0 Å². The molecule has 20 heavy (non-hydrogen) atoms. The highest BCUT2D eigenvalue weighted by Crippen LogP contribution is 2.30. The van der Waals surface area contributed by atoms with E-state index in [1.54, 1.807) is 0 Å². The average Bonchev–Trinajstić information content (AvgIpc) is 3.23. The summed E-state index contributed by atoms with van der Waals surface area (Å²) in [7, 11) is 0. The first-order valence-corrected chi connectivity index (χ1v) is 7.01. The smallest absolute Gasteiger partial charge is 0.276 e. The van der Waals surface area contributed by atoms with Crippen molar-refractivity contribution in [3.05, 3.63) is 22.2 Å². The summed E-state index contributed by atoms with van der Waals surface area (Å²) in [6.07, 6.45) is 2.73. The third-order valence-corrected chi connectivity index (χ3v) is 3.94. The van der Waals surface area contributed by atoms with Crippen molar-refractivity contribution in [2.24, 2.45) is 5.92 Å². The fourth-order valence-electron chi connectivity index (χ4n) is 2.61. The lowest BCUT2D eigenvalue weighted by Crippen LogP contribution is -2.47. The zero-order valence-corrected chi connectivity index (χ0v) is 11.4. The monoisotopic (exact) mass is 277 g/mol. The fourth-order valence-corrected chi connectivity index (χ4v) is 2.61. The minimum atomic E-state index is -0.426. The molecule has 0 aromatic carbocycles. The molecular formula is C13H19N5O2. The van der Waals surface area contributed by atoms with E-state index in [0.717, 1.165) is 32.1 Å². The van der Waals surface area contributed by atoms with E-state index in [0.29, 0.717) is 5.82 Å². The predicted molar refractivity (Wildman–Crippen MR) is 76.7 cm³/mol. The molecule has 2 fully saturated rings. The number of nitrogens with two attached hydrogens (primary N) is 1. The van der Waals surface area contributed by atoms with Crippen LogP contribution in [0.2, 0.25) is 0 Å². The molecule has 7 nitrogen and oxygen atoms in total. The Hall–Kier alpha value is -1.89. The molecule has 0 atom stereocenters. The van der Waals surface area contributed by atoms with Gasteiger partial charge >= 0.3 is 0 Å². The molecule has 1 aromatic heterocycles. The number of aromatic nitrogens is 1. The lowest BCUT2D eigenvalue weighted by molar-refractivity contribution is -0.384. The van der Waals surface area contributed by atoms with Crippen molar-refractivity contribution in [1.29, 1.82) is 0 Å². The Morgan fingerprint density at radius 1 is 1.30 bits per heavy atom. The number of hydrogen-bond donors (Lipinski definition) is 1. The molecule has 2 heterocycles. The summed E-state index contributed by atoms with van der Waals surface area (Å²) >= 11 is 0. The number of hydrogen-bond acceptors (Lipinski definition) is 6. The molecule has 0 unspecified atom stereocenters. The molecule has 1 aliphatic heterocycles. The SMILES string of the molecule is Nc1cc([N+](=O)[O-])cc(N2CCN(CC3CC3)CC2)n1. The first-order valence-electron chi connectivity index (χ1n) is 7.01. The van der Waals surface area contributed by atoms with Crippen LogP contribution in [-0.4, -0.2) is 47.5 Å². The van der Waals surface area contributed by atoms with Crippen LogP contribution in [0.3, 0.4) is 0 Å². The molecule has 1 saturated heterocycles. The second-order valence-corrected chi connectivity index (χ2v) is 5.60. The van der Waals surface area contributed by atoms with Gasteiger partial charge in [0.1, 0.15) is 11.6 Å². The Morgan fingerprint density at radius 2 is 2.00 bits per heavy atom. The summed E-state index contributed by atoms with van der Waals surface area (Å²) in [5.74, 6) is 1.71. The number of piperazine rings is 1. The number of rotatable bonds is 4. The first-order chi connectivity index (χ1) is 9.61. The number of pyridine rings is 1. The van der Waals surface area contributed by atoms with E-state index in [4.69, 9.17) is 5.73 Å². The van der Waals surface area contributed by atoms with E-state index in [1.165, 1.54) is 31.5 Å². The van der Waals surface area contributed by atoms with Crippen molar-refractivity contribution in [3.63, 3.8) is 0 Å². The van der Waals surface area contributed by atoms with Crippen LogP contribution in [0.25, 0.3) is 0 Å². The number of nitrogens with zero attached hydrogens (tertiary/aromatic N) is 4. The van der Waals surface area contributed by atoms with Gasteiger partial charge in [-0.3, -0.25) is 15.0 Å². The maximum absolute atomic E-state index is 10.9. The van der Waals surface area contributed by atoms with Crippen molar-refractivity contribution < 1.29 is 4.92 Å². The molecule has 0 radical (unpaired) electrons. The molecule has 1 aliphatic carbocycles. The second-order valence-electron chi connectivity index (χ2n) is 5.60. The highest BCUT2D eigenvalue weighted by molar-refractivity contribution is 5.54. The van der Waals surface area contributed by atoms with Crippen LogP contribution in [0.1, 0.15) is 12.8 Å². The van der Waals surface area contributed by atoms with E-state index in [1.807, 2.05) is 0 Å². The molecule has 108 valence electrons. The standard InChI is InChI=1S/C13H19N5O2/c14-12-7-11(18(19)20)8-13(15-12)17-5-3-16(4-6-17)9-10-1-2-10/h7-8,10H,1-6,9H2,(H2,14,15). The van der Waals surface area contributed by atoms with Gasteiger partial charge in [0, 0.05) is 32.7 Å². The fraction of sp³-hybridized carbons (Fsp3) is 0.615. The van der Waals surface area contributed by atoms with Gasteiger partial charge in [-0.15, -0.1) is 0 Å². The predicted octanol–water partition coefficient (Wildman–Crippen LogP) is 1.10. The maximum Gasteiger partial charge on any atom is 0.276 e. The van der Waals surface area contributed by atoms with Gasteiger partial charge in [-0.05, 0) is 18.8 Å². The lowest BCUT2D eigenvalue weighted by Gasteiger charge is -2.35. The Balaban J connectivity index is 1.66. The van der Waals surface area contributed by atoms with Gasteiger partial charge in [0.15, 0.2) is 0 Å². The van der Waals surface area contributed by atoms with Gasteiger partial charge in [-0.2, -0.15) is 0 Å². The van der Waals surface area contributed by atoms with E-state index in [9.17, 15) is 10.1 Å². The van der Waals surface area contributed by atoms with Gasteiger partial charge in [-0.25, -0.2) is 4.98 Å². The summed E-state index contributed by atoms with van der Waals surface area (Å²) in [4.78, 5) is 19.2. The van der Waals surface area contributed by atoms with Crippen LogP contribution in [-0.2, 0) is 0 Å². The molecule has 0 amide bonds. The molecule has 2 N–H and O–H groups in total. The van der Waals surface area contributed by atoms with Crippen molar-refractivity contribution in [2.45, 2.75) is 12.8 Å². The summed E-state index contributed by atoms with van der Waals surface area (Å²) in [5, 5.41) is 10.9. The Bertz CT molecular complexity index is 509. The van der Waals surface area contributed by atoms with Crippen LogP contribution in [0.4, 0.5) is 17.3 Å². The molecule has 3 rings (SSSR count). The molecule has 1 saturated carbocycles. The van der Waals surface area contributed by atoms with Crippen molar-refractivity contribution >= 4 is 17.3 Å². The third kappa shape index (κ3) is 2.98. The second kappa shape index (κ2) is 5.24. The highest BCUT2D eigenvalue weighted by atomic mass is 16.6. The van der Waals surface area contributed by atoms with Crippen molar-refractivity contribution in [1.82, 2.24) is 9.88 Å². The third-order valence-electron chi connectivity index (χ3n) is 3.94. The van der Waals surface area contributed by atoms with E-state index in [-0.39, 0.29) is 11.5 Å². The average molecular weight is 277 g/mol. The Morgan fingerprint density at radius 3 is 2.60 bits per heavy atom. The minimum Gasteiger partial charge on any atom is -0.383 e. The topological polar surface area (TPSA) is 88.5 Å². The van der Waals surface area contributed by atoms with Gasteiger partial charge in [0.2, 0.25) is 0 Å². The first kappa shape index (κ1) is 13.1. The molecular weight excluding hydrogens is 258 g/mol. The minimum absolute atomic E-state index is 0.00732.